The van der Waals surface area contributed by atoms with Crippen LogP contribution < -0.4 is 5.73 Å². The van der Waals surface area contributed by atoms with Gasteiger partial charge in [0.1, 0.15) is 0 Å². The van der Waals surface area contributed by atoms with Crippen LogP contribution in [0.25, 0.3) is 0 Å². The standard InChI is InChI=1S/C6H13NO3S/c1-3-10-11(8,9)5-4-6(2)7/h4-6H,3,7H2,1-2H3/b5-4+/t6-/m0/s1. The van der Waals surface area contributed by atoms with Gasteiger partial charge in [0, 0.05) is 6.04 Å². The van der Waals surface area contributed by atoms with Crippen molar-refractivity contribution in [1.29, 1.82) is 0 Å². The fourth-order valence-corrected chi connectivity index (χ4v) is 1.27. The van der Waals surface area contributed by atoms with Gasteiger partial charge in [0.15, 0.2) is 0 Å². The first-order valence-corrected chi connectivity index (χ1v) is 4.78. The number of hydrogen-bond donors (Lipinski definition) is 1. The minimum absolute atomic E-state index is 0.144. The van der Waals surface area contributed by atoms with Gasteiger partial charge in [0.2, 0.25) is 0 Å². The van der Waals surface area contributed by atoms with Gasteiger partial charge in [-0.3, -0.25) is 4.18 Å². The lowest BCUT2D eigenvalue weighted by atomic mass is 10.4. The predicted molar refractivity (Wildman–Crippen MR) is 43.3 cm³/mol. The third-order valence-corrected chi connectivity index (χ3v) is 1.89. The minimum atomic E-state index is -3.49. The van der Waals surface area contributed by atoms with Gasteiger partial charge in [-0.2, -0.15) is 8.42 Å². The van der Waals surface area contributed by atoms with Gasteiger partial charge in [-0.15, -0.1) is 0 Å². The van der Waals surface area contributed by atoms with E-state index in [9.17, 15) is 8.42 Å². The second-order valence-electron chi connectivity index (χ2n) is 2.09. The molecule has 0 amide bonds. The zero-order chi connectivity index (χ0) is 8.91. The molecule has 0 unspecified atom stereocenters. The molecule has 0 aliphatic carbocycles. The highest BCUT2D eigenvalue weighted by Crippen LogP contribution is 1.95. The monoisotopic (exact) mass is 179 g/mol. The van der Waals surface area contributed by atoms with Crippen LogP contribution in [0.5, 0.6) is 0 Å². The molecule has 5 heteroatoms. The lowest BCUT2D eigenvalue weighted by molar-refractivity contribution is 0.344. The van der Waals surface area contributed by atoms with Crippen molar-refractivity contribution in [2.75, 3.05) is 6.61 Å². The first-order chi connectivity index (χ1) is 4.98. The first kappa shape index (κ1) is 10.6. The topological polar surface area (TPSA) is 69.4 Å². The van der Waals surface area contributed by atoms with Crippen molar-refractivity contribution in [2.24, 2.45) is 5.73 Å². The van der Waals surface area contributed by atoms with E-state index in [1.807, 2.05) is 0 Å². The number of rotatable bonds is 4. The van der Waals surface area contributed by atoms with E-state index in [1.54, 1.807) is 13.8 Å². The molecule has 0 aromatic heterocycles. The molecule has 11 heavy (non-hydrogen) atoms. The summed E-state index contributed by atoms with van der Waals surface area (Å²) in [7, 11) is -3.49. The van der Waals surface area contributed by atoms with Crippen LogP contribution in [0.2, 0.25) is 0 Å². The number of hydrogen-bond acceptors (Lipinski definition) is 4. The molecule has 0 aliphatic rings. The molecule has 0 radical (unpaired) electrons. The highest BCUT2D eigenvalue weighted by atomic mass is 32.2. The Hall–Kier alpha value is -0.390. The van der Waals surface area contributed by atoms with Gasteiger partial charge >= 0.3 is 0 Å². The van der Waals surface area contributed by atoms with Gasteiger partial charge in [-0.1, -0.05) is 6.08 Å². The lowest BCUT2D eigenvalue weighted by Crippen LogP contribution is -2.12. The molecule has 0 spiro atoms. The third kappa shape index (κ3) is 6.03. The van der Waals surface area contributed by atoms with Crippen LogP contribution in [0.1, 0.15) is 13.8 Å². The summed E-state index contributed by atoms with van der Waals surface area (Å²) >= 11 is 0. The second-order valence-corrected chi connectivity index (χ2v) is 3.58. The molecule has 0 aliphatic heterocycles. The van der Waals surface area contributed by atoms with Crippen molar-refractivity contribution in [1.82, 2.24) is 0 Å². The second kappa shape index (κ2) is 4.48. The molecule has 66 valence electrons. The highest BCUT2D eigenvalue weighted by Gasteiger charge is 2.02. The summed E-state index contributed by atoms with van der Waals surface area (Å²) < 4.78 is 26.0. The fraction of sp³-hybridized carbons (Fsp3) is 0.667. The quantitative estimate of drug-likeness (QED) is 0.626. The van der Waals surface area contributed by atoms with E-state index in [4.69, 9.17) is 5.73 Å². The van der Waals surface area contributed by atoms with Crippen LogP contribution in [0, 0.1) is 0 Å². The van der Waals surface area contributed by atoms with E-state index < -0.39 is 10.1 Å². The Bertz CT molecular complexity index is 218. The van der Waals surface area contributed by atoms with Crippen molar-refractivity contribution < 1.29 is 12.6 Å². The summed E-state index contributed by atoms with van der Waals surface area (Å²) in [6.45, 7) is 3.43. The summed E-state index contributed by atoms with van der Waals surface area (Å²) in [6.07, 6.45) is 1.37. The summed E-state index contributed by atoms with van der Waals surface area (Å²) in [4.78, 5) is 0. The molecule has 0 saturated carbocycles. The van der Waals surface area contributed by atoms with Crippen molar-refractivity contribution in [3.8, 4) is 0 Å². The van der Waals surface area contributed by atoms with Crippen LogP contribution in [0.15, 0.2) is 11.5 Å². The third-order valence-electron chi connectivity index (χ3n) is 0.831. The Morgan fingerprint density at radius 2 is 2.18 bits per heavy atom. The van der Waals surface area contributed by atoms with E-state index in [2.05, 4.69) is 4.18 Å². The molecule has 0 saturated heterocycles. The van der Waals surface area contributed by atoms with Gasteiger partial charge in [-0.05, 0) is 13.8 Å². The van der Waals surface area contributed by atoms with Crippen LogP contribution in [0.3, 0.4) is 0 Å². The Morgan fingerprint density at radius 1 is 1.64 bits per heavy atom. The van der Waals surface area contributed by atoms with Crippen molar-refractivity contribution >= 4 is 10.1 Å². The van der Waals surface area contributed by atoms with Crippen LogP contribution in [-0.4, -0.2) is 21.1 Å². The van der Waals surface area contributed by atoms with E-state index in [1.165, 1.54) is 6.08 Å². The Kier molecular flexibility index (Phi) is 4.32. The van der Waals surface area contributed by atoms with E-state index in [0.29, 0.717) is 0 Å². The molecular weight excluding hydrogens is 166 g/mol. The summed E-state index contributed by atoms with van der Waals surface area (Å²) in [5.74, 6) is 0. The van der Waals surface area contributed by atoms with Gasteiger partial charge in [0.05, 0.1) is 12.0 Å². The highest BCUT2D eigenvalue weighted by molar-refractivity contribution is 7.89. The maximum Gasteiger partial charge on any atom is 0.289 e. The SMILES string of the molecule is CCOS(=O)(=O)/C=C/[C@H](C)N. The van der Waals surface area contributed by atoms with Crippen molar-refractivity contribution in [3.63, 3.8) is 0 Å². The van der Waals surface area contributed by atoms with Gasteiger partial charge in [0.25, 0.3) is 10.1 Å². The molecule has 0 aromatic rings. The first-order valence-electron chi connectivity index (χ1n) is 3.31. The normalized spacial score (nSPS) is 15.5. The van der Waals surface area contributed by atoms with Crippen LogP contribution >= 0.6 is 0 Å². The minimum Gasteiger partial charge on any atom is -0.325 e. The summed E-state index contributed by atoms with van der Waals surface area (Å²) in [5, 5.41) is 0.973. The van der Waals surface area contributed by atoms with E-state index in [-0.39, 0.29) is 12.6 Å². The average Bonchev–Trinajstić information content (AvgIpc) is 1.84. The van der Waals surface area contributed by atoms with E-state index in [0.717, 1.165) is 5.41 Å². The Balaban J connectivity index is 4.13. The summed E-state index contributed by atoms with van der Waals surface area (Å²) in [5.41, 5.74) is 5.29. The van der Waals surface area contributed by atoms with Crippen molar-refractivity contribution in [2.45, 2.75) is 19.9 Å². The molecule has 1 atom stereocenters. The molecule has 4 nitrogen and oxygen atoms in total. The molecule has 0 aromatic carbocycles. The lowest BCUT2D eigenvalue weighted by Gasteiger charge is -1.97. The van der Waals surface area contributed by atoms with Gasteiger partial charge in [-0.25, -0.2) is 0 Å². The molecule has 0 heterocycles. The summed E-state index contributed by atoms with van der Waals surface area (Å²) in [6, 6.07) is -0.273. The van der Waals surface area contributed by atoms with Crippen LogP contribution in [0.4, 0.5) is 0 Å². The smallest absolute Gasteiger partial charge is 0.289 e. The predicted octanol–water partition coefficient (Wildman–Crippen LogP) is 0.214. The van der Waals surface area contributed by atoms with Crippen LogP contribution in [-0.2, 0) is 14.3 Å². The maximum atomic E-state index is 10.8. The maximum absolute atomic E-state index is 10.8. The average molecular weight is 179 g/mol. The fourth-order valence-electron chi connectivity index (χ4n) is 0.424. The van der Waals surface area contributed by atoms with E-state index >= 15 is 0 Å². The number of nitrogens with two attached hydrogens (primary N) is 1. The molecule has 0 bridgehead atoms. The molecule has 0 fully saturated rings. The largest absolute Gasteiger partial charge is 0.325 e. The molecule has 0 rings (SSSR count). The molecule has 2 N–H and O–H groups in total. The Morgan fingerprint density at radius 3 is 2.55 bits per heavy atom. The Labute approximate surface area is 67.2 Å². The van der Waals surface area contributed by atoms with Crippen molar-refractivity contribution in [3.05, 3.63) is 11.5 Å². The molecular formula is C6H13NO3S. The zero-order valence-corrected chi connectivity index (χ0v) is 7.47. The zero-order valence-electron chi connectivity index (χ0n) is 6.65. The van der Waals surface area contributed by atoms with Gasteiger partial charge < -0.3 is 5.73 Å².